The van der Waals surface area contributed by atoms with Gasteiger partial charge in [-0.1, -0.05) is 31.2 Å². The summed E-state index contributed by atoms with van der Waals surface area (Å²) in [6.07, 6.45) is 0.928. The van der Waals surface area contributed by atoms with E-state index in [-0.39, 0.29) is 5.69 Å². The van der Waals surface area contributed by atoms with Crippen LogP contribution < -0.4 is 9.61 Å². The molecule has 0 aliphatic rings. The Kier molecular flexibility index (Phi) is 4.46. The second-order valence-corrected chi connectivity index (χ2v) is 6.62. The normalized spacial score (nSPS) is 13.6. The minimum atomic E-state index is -3.18. The van der Waals surface area contributed by atoms with Gasteiger partial charge >= 0.3 is 7.52 Å². The molecule has 20 heavy (non-hydrogen) atoms. The highest BCUT2D eigenvalue weighted by atomic mass is 31.2. The van der Waals surface area contributed by atoms with Crippen molar-refractivity contribution in [2.24, 2.45) is 0 Å². The molecule has 2 aromatic rings. The summed E-state index contributed by atoms with van der Waals surface area (Å²) >= 11 is 0. The molecule has 0 radical (unpaired) electrons. The fraction of sp³-hybridized carbons (Fsp3) is 0.200. The molecular weight excluding hydrogens is 276 g/mol. The predicted octanol–water partition coefficient (Wildman–Crippen LogP) is 4.70. The van der Waals surface area contributed by atoms with Crippen LogP contribution in [0.5, 0.6) is 5.75 Å². The minimum Gasteiger partial charge on any atom is -0.429 e. The van der Waals surface area contributed by atoms with E-state index in [1.807, 2.05) is 12.1 Å². The highest BCUT2D eigenvalue weighted by Gasteiger charge is 2.19. The first kappa shape index (κ1) is 14.6. The molecule has 1 atom stereocenters. The van der Waals surface area contributed by atoms with Crippen LogP contribution in [0, 0.1) is 5.82 Å². The van der Waals surface area contributed by atoms with Crippen molar-refractivity contribution in [1.29, 1.82) is 0 Å². The first-order valence-corrected chi connectivity index (χ1v) is 8.46. The largest absolute Gasteiger partial charge is 0.429 e. The number of aryl methyl sites for hydroxylation is 1. The number of anilines is 1. The van der Waals surface area contributed by atoms with Crippen molar-refractivity contribution >= 4 is 13.2 Å². The van der Waals surface area contributed by atoms with Gasteiger partial charge in [-0.15, -0.1) is 0 Å². The zero-order chi connectivity index (χ0) is 14.6. The third-order valence-corrected chi connectivity index (χ3v) is 4.01. The van der Waals surface area contributed by atoms with Crippen LogP contribution in [-0.2, 0) is 11.0 Å². The van der Waals surface area contributed by atoms with E-state index in [1.165, 1.54) is 24.4 Å². The van der Waals surface area contributed by atoms with Crippen LogP contribution in [0.3, 0.4) is 0 Å². The lowest BCUT2D eigenvalue weighted by Gasteiger charge is -2.17. The summed E-state index contributed by atoms with van der Waals surface area (Å²) in [6, 6.07) is 13.4. The lowest BCUT2D eigenvalue weighted by atomic mass is 10.2. The van der Waals surface area contributed by atoms with Crippen molar-refractivity contribution in [1.82, 2.24) is 0 Å². The summed E-state index contributed by atoms with van der Waals surface area (Å²) in [4.78, 5) is 0. The number of para-hydroxylation sites is 1. The number of hydrogen-bond donors (Lipinski definition) is 1. The number of hydrogen-bond acceptors (Lipinski definition) is 2. The molecule has 0 aliphatic heterocycles. The lowest BCUT2D eigenvalue weighted by molar-refractivity contribution is 0.493. The Morgan fingerprint density at radius 3 is 2.40 bits per heavy atom. The quantitative estimate of drug-likeness (QED) is 0.812. The Morgan fingerprint density at radius 1 is 1.15 bits per heavy atom. The molecule has 2 aromatic carbocycles. The van der Waals surface area contributed by atoms with Crippen molar-refractivity contribution in [3.63, 3.8) is 0 Å². The standard InChI is InChI=1S/C15H17FNO2P/c1-3-12-8-10-13(11-9-12)19-20(2,18)17-15-7-5-4-6-14(15)16/h4-11H,3H2,1-2H3,(H,17,18). The van der Waals surface area contributed by atoms with E-state index >= 15 is 0 Å². The number of nitrogens with one attached hydrogen (secondary N) is 1. The molecule has 0 bridgehead atoms. The lowest BCUT2D eigenvalue weighted by Crippen LogP contribution is -2.03. The molecule has 1 N–H and O–H groups in total. The summed E-state index contributed by atoms with van der Waals surface area (Å²) < 4.78 is 31.3. The van der Waals surface area contributed by atoms with Gasteiger partial charge in [0.1, 0.15) is 11.6 Å². The number of halogens is 1. The maximum absolute atomic E-state index is 13.5. The summed E-state index contributed by atoms with van der Waals surface area (Å²) in [6.45, 7) is 3.48. The molecule has 0 amide bonds. The zero-order valence-electron chi connectivity index (χ0n) is 11.5. The SMILES string of the molecule is CCc1ccc(OP(C)(=O)Nc2ccccc2F)cc1. The van der Waals surface area contributed by atoms with Crippen molar-refractivity contribution in [2.75, 3.05) is 11.8 Å². The summed E-state index contributed by atoms with van der Waals surface area (Å²) in [5.74, 6) is 0.0383. The van der Waals surface area contributed by atoms with Crippen molar-refractivity contribution in [2.45, 2.75) is 13.3 Å². The molecule has 2 rings (SSSR count). The Hall–Kier alpha value is -1.80. The Labute approximate surface area is 118 Å². The molecule has 0 fully saturated rings. The van der Waals surface area contributed by atoms with Gasteiger partial charge in [0, 0.05) is 6.66 Å². The molecule has 3 nitrogen and oxygen atoms in total. The Morgan fingerprint density at radius 2 is 1.80 bits per heavy atom. The monoisotopic (exact) mass is 293 g/mol. The van der Waals surface area contributed by atoms with Crippen molar-refractivity contribution < 1.29 is 13.5 Å². The zero-order valence-corrected chi connectivity index (χ0v) is 12.4. The Bertz CT molecular complexity index is 628. The molecule has 0 aromatic heterocycles. The highest BCUT2D eigenvalue weighted by Crippen LogP contribution is 2.43. The van der Waals surface area contributed by atoms with E-state index in [1.54, 1.807) is 24.3 Å². The second-order valence-electron chi connectivity index (χ2n) is 4.53. The van der Waals surface area contributed by atoms with E-state index in [9.17, 15) is 8.96 Å². The van der Waals surface area contributed by atoms with Gasteiger partial charge in [0.15, 0.2) is 0 Å². The second kappa shape index (κ2) is 6.10. The van der Waals surface area contributed by atoms with E-state index in [0.717, 1.165) is 6.42 Å². The summed E-state index contributed by atoms with van der Waals surface area (Å²) in [7, 11) is -3.18. The van der Waals surface area contributed by atoms with Gasteiger partial charge < -0.3 is 9.61 Å². The van der Waals surface area contributed by atoms with E-state index in [4.69, 9.17) is 4.52 Å². The first-order chi connectivity index (χ1) is 9.50. The van der Waals surface area contributed by atoms with Crippen LogP contribution >= 0.6 is 7.52 Å². The molecule has 1 unspecified atom stereocenters. The maximum Gasteiger partial charge on any atom is 0.338 e. The van der Waals surface area contributed by atoms with Crippen LogP contribution in [0.2, 0.25) is 0 Å². The Balaban J connectivity index is 2.10. The van der Waals surface area contributed by atoms with Crippen LogP contribution in [0.4, 0.5) is 10.1 Å². The molecule has 0 saturated carbocycles. The molecule has 0 saturated heterocycles. The minimum absolute atomic E-state index is 0.170. The van der Waals surface area contributed by atoms with E-state index in [2.05, 4.69) is 12.0 Å². The van der Waals surface area contributed by atoms with Crippen LogP contribution in [0.1, 0.15) is 12.5 Å². The van der Waals surface area contributed by atoms with E-state index in [0.29, 0.717) is 5.75 Å². The fourth-order valence-corrected chi connectivity index (χ4v) is 2.97. The molecule has 106 valence electrons. The molecule has 5 heteroatoms. The third-order valence-electron chi connectivity index (χ3n) is 2.81. The fourth-order valence-electron chi connectivity index (χ4n) is 1.78. The van der Waals surface area contributed by atoms with Gasteiger partial charge in [-0.3, -0.25) is 4.57 Å². The maximum atomic E-state index is 13.5. The van der Waals surface area contributed by atoms with Crippen molar-refractivity contribution in [3.8, 4) is 5.75 Å². The van der Waals surface area contributed by atoms with Gasteiger partial charge in [0.2, 0.25) is 0 Å². The molecular formula is C15H17FNO2P. The first-order valence-electron chi connectivity index (χ1n) is 6.39. The van der Waals surface area contributed by atoms with Gasteiger partial charge in [-0.05, 0) is 36.2 Å². The third kappa shape index (κ3) is 3.84. The van der Waals surface area contributed by atoms with Crippen LogP contribution in [0.15, 0.2) is 48.5 Å². The topological polar surface area (TPSA) is 38.3 Å². The average molecular weight is 293 g/mol. The molecule has 0 aliphatic carbocycles. The predicted molar refractivity (Wildman–Crippen MR) is 80.0 cm³/mol. The number of rotatable bonds is 5. The van der Waals surface area contributed by atoms with Crippen LogP contribution in [0.25, 0.3) is 0 Å². The van der Waals surface area contributed by atoms with Crippen LogP contribution in [-0.4, -0.2) is 6.66 Å². The van der Waals surface area contributed by atoms with Gasteiger partial charge in [-0.2, -0.15) is 0 Å². The average Bonchev–Trinajstić information content (AvgIpc) is 2.41. The number of benzene rings is 2. The summed E-state index contributed by atoms with van der Waals surface area (Å²) in [5.41, 5.74) is 1.34. The van der Waals surface area contributed by atoms with E-state index < -0.39 is 13.3 Å². The smallest absolute Gasteiger partial charge is 0.338 e. The summed E-state index contributed by atoms with van der Waals surface area (Å²) in [5, 5.41) is 2.62. The van der Waals surface area contributed by atoms with Crippen molar-refractivity contribution in [3.05, 3.63) is 59.9 Å². The highest BCUT2D eigenvalue weighted by molar-refractivity contribution is 7.60. The van der Waals surface area contributed by atoms with Gasteiger partial charge in [-0.25, -0.2) is 4.39 Å². The van der Waals surface area contributed by atoms with Gasteiger partial charge in [0.25, 0.3) is 0 Å². The van der Waals surface area contributed by atoms with Gasteiger partial charge in [0.05, 0.1) is 5.69 Å². The molecule has 0 heterocycles. The molecule has 0 spiro atoms.